The van der Waals surface area contributed by atoms with E-state index < -0.39 is 0 Å². The van der Waals surface area contributed by atoms with Crippen LogP contribution in [0.5, 0.6) is 5.75 Å². The molecule has 3 rings (SSSR count). The smallest absolute Gasteiger partial charge is 0.277 e. The van der Waals surface area contributed by atoms with E-state index in [4.69, 9.17) is 4.74 Å². The first-order valence-electron chi connectivity index (χ1n) is 7.76. The second-order valence-corrected chi connectivity index (χ2v) is 5.86. The van der Waals surface area contributed by atoms with Gasteiger partial charge in [0.2, 0.25) is 0 Å². The Bertz CT molecular complexity index is 745. The molecule has 0 aliphatic heterocycles. The zero-order valence-electron chi connectivity index (χ0n) is 13.4. The van der Waals surface area contributed by atoms with E-state index in [0.717, 1.165) is 35.2 Å². The molecule has 1 aliphatic rings. The molecule has 0 fully saturated rings. The van der Waals surface area contributed by atoms with Gasteiger partial charge in [0.15, 0.2) is 6.61 Å². The largest absolute Gasteiger partial charge is 0.484 e. The molecule has 0 bridgehead atoms. The van der Waals surface area contributed by atoms with Gasteiger partial charge in [0, 0.05) is 5.56 Å². The van der Waals surface area contributed by atoms with E-state index in [-0.39, 0.29) is 12.5 Å². The van der Waals surface area contributed by atoms with Crippen LogP contribution < -0.4 is 10.2 Å². The fraction of sp³-hybridized carbons (Fsp3) is 0.263. The monoisotopic (exact) mass is 308 g/mol. The van der Waals surface area contributed by atoms with Crippen molar-refractivity contribution in [1.82, 2.24) is 5.43 Å². The minimum atomic E-state index is -0.249. The minimum absolute atomic E-state index is 0.0404. The molecule has 23 heavy (non-hydrogen) atoms. The molecule has 0 heterocycles. The van der Waals surface area contributed by atoms with E-state index in [9.17, 15) is 4.79 Å². The zero-order valence-corrected chi connectivity index (χ0v) is 13.4. The Kier molecular flexibility index (Phi) is 4.42. The second-order valence-electron chi connectivity index (χ2n) is 5.86. The van der Waals surface area contributed by atoms with Gasteiger partial charge < -0.3 is 4.74 Å². The van der Waals surface area contributed by atoms with E-state index in [1.165, 1.54) is 5.56 Å². The van der Waals surface area contributed by atoms with Crippen molar-refractivity contribution < 1.29 is 9.53 Å². The average Bonchev–Trinajstić information content (AvgIpc) is 2.93. The normalized spacial score (nSPS) is 14.6. The van der Waals surface area contributed by atoms with Gasteiger partial charge in [0.1, 0.15) is 5.75 Å². The van der Waals surface area contributed by atoms with Crippen LogP contribution >= 0.6 is 0 Å². The number of benzene rings is 2. The van der Waals surface area contributed by atoms with Gasteiger partial charge in [-0.3, -0.25) is 4.79 Å². The van der Waals surface area contributed by atoms with Crippen molar-refractivity contribution in [1.29, 1.82) is 0 Å². The lowest BCUT2D eigenvalue weighted by molar-refractivity contribution is -0.123. The SMILES string of the molecule is Cc1cc(C)cc(OCC(=O)NN=C2CCc3ccccc32)c1. The van der Waals surface area contributed by atoms with Gasteiger partial charge in [0.05, 0.1) is 5.71 Å². The van der Waals surface area contributed by atoms with Gasteiger partial charge in [0.25, 0.3) is 5.91 Å². The maximum Gasteiger partial charge on any atom is 0.277 e. The van der Waals surface area contributed by atoms with Crippen LogP contribution in [0, 0.1) is 13.8 Å². The predicted molar refractivity (Wildman–Crippen MR) is 90.9 cm³/mol. The maximum absolute atomic E-state index is 11.9. The lowest BCUT2D eigenvalue weighted by Gasteiger charge is -2.07. The van der Waals surface area contributed by atoms with Crippen LogP contribution in [0.25, 0.3) is 0 Å². The number of aryl methyl sites for hydroxylation is 3. The number of amides is 1. The number of hydrazone groups is 1. The topological polar surface area (TPSA) is 50.7 Å². The zero-order chi connectivity index (χ0) is 16.2. The number of hydrogen-bond donors (Lipinski definition) is 1. The fourth-order valence-corrected chi connectivity index (χ4v) is 2.85. The van der Waals surface area contributed by atoms with E-state index in [0.29, 0.717) is 5.75 Å². The highest BCUT2D eigenvalue weighted by atomic mass is 16.5. The number of nitrogens with one attached hydrogen (secondary N) is 1. The van der Waals surface area contributed by atoms with Crippen LogP contribution in [0.15, 0.2) is 47.6 Å². The highest BCUT2D eigenvalue weighted by Gasteiger charge is 2.17. The molecule has 0 saturated carbocycles. The summed E-state index contributed by atoms with van der Waals surface area (Å²) < 4.78 is 5.53. The molecular weight excluding hydrogens is 288 g/mol. The molecule has 0 radical (unpaired) electrons. The molecule has 0 saturated heterocycles. The first-order chi connectivity index (χ1) is 11.1. The number of carbonyl (C=O) groups excluding carboxylic acids is 1. The Balaban J connectivity index is 1.57. The van der Waals surface area contributed by atoms with Crippen molar-refractivity contribution in [2.75, 3.05) is 6.61 Å². The molecule has 0 spiro atoms. The van der Waals surface area contributed by atoms with Gasteiger partial charge >= 0.3 is 0 Å². The second kappa shape index (κ2) is 6.65. The highest BCUT2D eigenvalue weighted by molar-refractivity contribution is 6.04. The van der Waals surface area contributed by atoms with Crippen molar-refractivity contribution in [2.45, 2.75) is 26.7 Å². The van der Waals surface area contributed by atoms with Crippen molar-refractivity contribution in [3.8, 4) is 5.75 Å². The van der Waals surface area contributed by atoms with E-state index in [2.05, 4.69) is 22.7 Å². The van der Waals surface area contributed by atoms with E-state index >= 15 is 0 Å². The highest BCUT2D eigenvalue weighted by Crippen LogP contribution is 2.21. The predicted octanol–water partition coefficient (Wildman–Crippen LogP) is 3.15. The van der Waals surface area contributed by atoms with Crippen molar-refractivity contribution in [2.24, 2.45) is 5.10 Å². The van der Waals surface area contributed by atoms with Gasteiger partial charge in [-0.15, -0.1) is 0 Å². The van der Waals surface area contributed by atoms with Crippen molar-refractivity contribution in [3.63, 3.8) is 0 Å². The van der Waals surface area contributed by atoms with Gasteiger partial charge in [-0.2, -0.15) is 5.10 Å². The molecule has 1 N–H and O–H groups in total. The molecule has 118 valence electrons. The number of nitrogens with zero attached hydrogens (tertiary/aromatic N) is 1. The Hall–Kier alpha value is -2.62. The molecule has 4 heteroatoms. The molecule has 1 amide bonds. The third-order valence-electron chi connectivity index (χ3n) is 3.84. The Morgan fingerprint density at radius 1 is 1.13 bits per heavy atom. The van der Waals surface area contributed by atoms with E-state index in [1.54, 1.807) is 0 Å². The summed E-state index contributed by atoms with van der Waals surface area (Å²) in [5, 5.41) is 4.25. The standard InChI is InChI=1S/C19H20N2O2/c1-13-9-14(2)11-16(10-13)23-12-19(22)21-20-18-8-7-15-5-3-4-6-17(15)18/h3-6,9-11H,7-8,12H2,1-2H3,(H,21,22). The first-order valence-corrected chi connectivity index (χ1v) is 7.76. The summed E-state index contributed by atoms with van der Waals surface area (Å²) in [6, 6.07) is 14.1. The van der Waals surface area contributed by atoms with Crippen LogP contribution in [0.4, 0.5) is 0 Å². The maximum atomic E-state index is 11.9. The molecule has 0 atom stereocenters. The average molecular weight is 308 g/mol. The Morgan fingerprint density at radius 2 is 1.87 bits per heavy atom. The van der Waals surface area contributed by atoms with Gasteiger partial charge in [-0.1, -0.05) is 30.3 Å². The summed E-state index contributed by atoms with van der Waals surface area (Å²) in [5.41, 5.74) is 8.16. The quantitative estimate of drug-likeness (QED) is 0.882. The van der Waals surface area contributed by atoms with Crippen molar-refractivity contribution in [3.05, 3.63) is 64.7 Å². The molecule has 2 aromatic carbocycles. The van der Waals surface area contributed by atoms with Crippen LogP contribution in [0.3, 0.4) is 0 Å². The minimum Gasteiger partial charge on any atom is -0.484 e. The molecule has 4 nitrogen and oxygen atoms in total. The summed E-state index contributed by atoms with van der Waals surface area (Å²) in [6.07, 6.45) is 1.83. The van der Waals surface area contributed by atoms with Crippen LogP contribution in [-0.4, -0.2) is 18.2 Å². The molecular formula is C19H20N2O2. The van der Waals surface area contributed by atoms with Gasteiger partial charge in [-0.05, 0) is 55.5 Å². The lowest BCUT2D eigenvalue weighted by atomic mass is 10.1. The number of fused-ring (bicyclic) bond motifs is 1. The van der Waals surface area contributed by atoms with Crippen LogP contribution in [0.2, 0.25) is 0 Å². The Morgan fingerprint density at radius 3 is 2.65 bits per heavy atom. The van der Waals surface area contributed by atoms with Crippen molar-refractivity contribution >= 4 is 11.6 Å². The molecule has 0 unspecified atom stereocenters. The Labute approximate surface area is 136 Å². The number of hydrogen-bond acceptors (Lipinski definition) is 3. The molecule has 2 aromatic rings. The summed E-state index contributed by atoms with van der Waals surface area (Å²) in [5.74, 6) is 0.456. The number of ether oxygens (including phenoxy) is 1. The van der Waals surface area contributed by atoms with Gasteiger partial charge in [-0.25, -0.2) is 5.43 Å². The number of rotatable bonds is 4. The molecule has 1 aliphatic carbocycles. The number of carbonyl (C=O) groups is 1. The third kappa shape index (κ3) is 3.77. The fourth-order valence-electron chi connectivity index (χ4n) is 2.85. The first kappa shape index (κ1) is 15.3. The van der Waals surface area contributed by atoms with Crippen LogP contribution in [0.1, 0.15) is 28.7 Å². The third-order valence-corrected chi connectivity index (χ3v) is 3.84. The lowest BCUT2D eigenvalue weighted by Crippen LogP contribution is -2.25. The van der Waals surface area contributed by atoms with Crippen LogP contribution in [-0.2, 0) is 11.2 Å². The van der Waals surface area contributed by atoms with E-state index in [1.807, 2.05) is 44.2 Å². The summed E-state index contributed by atoms with van der Waals surface area (Å²) >= 11 is 0. The molecule has 0 aromatic heterocycles. The summed E-state index contributed by atoms with van der Waals surface area (Å²) in [6.45, 7) is 3.97. The summed E-state index contributed by atoms with van der Waals surface area (Å²) in [7, 11) is 0. The summed E-state index contributed by atoms with van der Waals surface area (Å²) in [4.78, 5) is 11.9.